The molecule has 3 aromatic carbocycles. The van der Waals surface area contributed by atoms with Crippen LogP contribution in [0.1, 0.15) is 22.0 Å². The molecule has 3 heterocycles. The van der Waals surface area contributed by atoms with Crippen molar-refractivity contribution in [1.82, 2.24) is 14.8 Å². The predicted molar refractivity (Wildman–Crippen MR) is 172 cm³/mol. The number of rotatable bonds is 10. The molecule has 230 valence electrons. The Bertz CT molecular complexity index is 1760. The first kappa shape index (κ1) is 30.3. The van der Waals surface area contributed by atoms with Crippen molar-refractivity contribution < 1.29 is 28.7 Å². The monoisotopic (exact) mass is 644 g/mol. The molecule has 0 radical (unpaired) electrons. The number of methoxy groups -OCH3 is 1. The minimum Gasteiger partial charge on any atom is -0.498 e. The predicted octanol–water partition coefficient (Wildman–Crippen LogP) is 4.52. The van der Waals surface area contributed by atoms with Crippen molar-refractivity contribution in [3.8, 4) is 0 Å². The van der Waals surface area contributed by atoms with Gasteiger partial charge < -0.3 is 20.1 Å². The van der Waals surface area contributed by atoms with Crippen LogP contribution in [0.3, 0.4) is 0 Å². The fourth-order valence-corrected chi connectivity index (χ4v) is 6.92. The average Bonchev–Trinajstić information content (AvgIpc) is 3.46. The van der Waals surface area contributed by atoms with Gasteiger partial charge >= 0.3 is 5.97 Å². The van der Waals surface area contributed by atoms with Gasteiger partial charge in [-0.25, -0.2) is 4.79 Å². The lowest BCUT2D eigenvalue weighted by Crippen LogP contribution is -2.71. The number of halogens is 1. The molecule has 4 aromatic rings. The number of nitrogens with zero attached hydrogens (tertiary/aromatic N) is 2. The van der Waals surface area contributed by atoms with Gasteiger partial charge in [0.15, 0.2) is 11.8 Å². The highest BCUT2D eigenvalue weighted by molar-refractivity contribution is 8.00. The number of para-hydroxylation sites is 1. The van der Waals surface area contributed by atoms with Gasteiger partial charge in [0, 0.05) is 11.6 Å². The van der Waals surface area contributed by atoms with Crippen LogP contribution in [-0.4, -0.2) is 69.9 Å². The smallest absolute Gasteiger partial charge is 0.359 e. The van der Waals surface area contributed by atoms with Crippen molar-refractivity contribution >= 4 is 63.6 Å². The third-order valence-corrected chi connectivity index (χ3v) is 9.14. The average molecular weight is 645 g/mol. The molecule has 1 fully saturated rings. The van der Waals surface area contributed by atoms with Crippen LogP contribution in [-0.2, 0) is 23.9 Å². The SMILES string of the molecule is COC1=C(C(=O)OC(c2ccccc2)c2ccccc2)N2C(=O)C(NC(=O)CNc3cn(C(=O)CCl)c4ccccc34)[C@H]2SC1. The molecule has 0 saturated carbocycles. The summed E-state index contributed by atoms with van der Waals surface area (Å²) in [5.41, 5.74) is 2.83. The molecule has 0 spiro atoms. The van der Waals surface area contributed by atoms with Gasteiger partial charge in [-0.2, -0.15) is 0 Å². The van der Waals surface area contributed by atoms with Crippen LogP contribution in [0.25, 0.3) is 10.9 Å². The van der Waals surface area contributed by atoms with Gasteiger partial charge in [-0.15, -0.1) is 23.4 Å². The Morgan fingerprint density at radius 2 is 1.62 bits per heavy atom. The molecule has 12 heteroatoms. The second-order valence-electron chi connectivity index (χ2n) is 10.3. The number of hydrogen-bond acceptors (Lipinski definition) is 8. The number of nitrogens with one attached hydrogen (secondary N) is 2. The summed E-state index contributed by atoms with van der Waals surface area (Å²) in [5, 5.41) is 6.08. The number of anilines is 1. The van der Waals surface area contributed by atoms with Crippen LogP contribution in [0.5, 0.6) is 0 Å². The largest absolute Gasteiger partial charge is 0.498 e. The number of esters is 1. The van der Waals surface area contributed by atoms with Crippen LogP contribution in [0.2, 0.25) is 0 Å². The lowest BCUT2D eigenvalue weighted by molar-refractivity contribution is -0.155. The molecule has 0 aliphatic carbocycles. The number of amides is 2. The van der Waals surface area contributed by atoms with Gasteiger partial charge in [-0.1, -0.05) is 78.9 Å². The third kappa shape index (κ3) is 5.88. The van der Waals surface area contributed by atoms with Crippen molar-refractivity contribution in [2.24, 2.45) is 0 Å². The van der Waals surface area contributed by atoms with Crippen LogP contribution in [0.4, 0.5) is 5.69 Å². The van der Waals surface area contributed by atoms with E-state index in [1.807, 2.05) is 78.9 Å². The molecule has 2 N–H and O–H groups in total. The number of fused-ring (bicyclic) bond motifs is 2. The fourth-order valence-electron chi connectivity index (χ4n) is 5.48. The Kier molecular flexibility index (Phi) is 8.81. The Hall–Kier alpha value is -4.74. The first-order chi connectivity index (χ1) is 21.9. The third-order valence-electron chi connectivity index (χ3n) is 7.65. The van der Waals surface area contributed by atoms with Crippen molar-refractivity contribution in [3.63, 3.8) is 0 Å². The van der Waals surface area contributed by atoms with E-state index in [2.05, 4.69) is 10.6 Å². The van der Waals surface area contributed by atoms with E-state index in [0.717, 1.165) is 16.5 Å². The van der Waals surface area contributed by atoms with E-state index in [4.69, 9.17) is 21.1 Å². The first-order valence-corrected chi connectivity index (χ1v) is 15.7. The number of hydrogen-bond donors (Lipinski definition) is 2. The summed E-state index contributed by atoms with van der Waals surface area (Å²) in [6.45, 7) is -0.145. The Morgan fingerprint density at radius 1 is 0.978 bits per heavy atom. The fraction of sp³-hybridized carbons (Fsp3) is 0.212. The lowest BCUT2D eigenvalue weighted by Gasteiger charge is -2.49. The van der Waals surface area contributed by atoms with E-state index in [0.29, 0.717) is 22.7 Å². The molecule has 1 aromatic heterocycles. The van der Waals surface area contributed by atoms with E-state index in [1.165, 1.54) is 28.3 Å². The maximum atomic E-state index is 13.7. The van der Waals surface area contributed by atoms with Gasteiger partial charge in [0.05, 0.1) is 30.6 Å². The summed E-state index contributed by atoms with van der Waals surface area (Å²) in [5.74, 6) is -1.41. The topological polar surface area (TPSA) is 119 Å². The van der Waals surface area contributed by atoms with E-state index < -0.39 is 35.3 Å². The zero-order chi connectivity index (χ0) is 31.5. The summed E-state index contributed by atoms with van der Waals surface area (Å²) < 4.78 is 13.0. The quantitative estimate of drug-likeness (QED) is 0.147. The molecule has 45 heavy (non-hydrogen) atoms. The second kappa shape index (κ2) is 13.1. The zero-order valence-electron chi connectivity index (χ0n) is 24.1. The maximum Gasteiger partial charge on any atom is 0.359 e. The molecule has 2 amide bonds. The zero-order valence-corrected chi connectivity index (χ0v) is 25.7. The molecular weight excluding hydrogens is 616 g/mol. The highest BCUT2D eigenvalue weighted by Crippen LogP contribution is 2.41. The summed E-state index contributed by atoms with van der Waals surface area (Å²) >= 11 is 7.15. The Balaban J connectivity index is 1.15. The molecule has 1 saturated heterocycles. The molecule has 10 nitrogen and oxygen atoms in total. The minimum absolute atomic E-state index is 0.0310. The number of alkyl halides is 1. The van der Waals surface area contributed by atoms with Gasteiger partial charge in [0.2, 0.25) is 11.8 Å². The van der Waals surface area contributed by atoms with Crippen LogP contribution >= 0.6 is 23.4 Å². The van der Waals surface area contributed by atoms with Gasteiger partial charge in [0.1, 0.15) is 23.1 Å². The van der Waals surface area contributed by atoms with E-state index in [1.54, 1.807) is 12.3 Å². The highest BCUT2D eigenvalue weighted by Gasteiger charge is 2.55. The van der Waals surface area contributed by atoms with Crippen molar-refractivity contribution in [3.05, 3.63) is 114 Å². The summed E-state index contributed by atoms with van der Waals surface area (Å²) in [4.78, 5) is 53.8. The van der Waals surface area contributed by atoms with Crippen LogP contribution in [0.15, 0.2) is 103 Å². The molecule has 1 unspecified atom stereocenters. The number of carbonyl (C=O) groups excluding carboxylic acids is 4. The number of benzene rings is 3. The van der Waals surface area contributed by atoms with Gasteiger partial charge in [0.25, 0.3) is 5.91 Å². The normalized spacial score (nSPS) is 17.5. The van der Waals surface area contributed by atoms with Crippen molar-refractivity contribution in [2.75, 3.05) is 30.6 Å². The number of carbonyl (C=O) groups is 4. The molecular formula is C33H29ClN4O6S. The molecule has 0 bridgehead atoms. The minimum atomic E-state index is -0.844. The summed E-state index contributed by atoms with van der Waals surface area (Å²) in [6.07, 6.45) is 0.894. The lowest BCUT2D eigenvalue weighted by atomic mass is 10.0. The molecule has 2 aliphatic heterocycles. The van der Waals surface area contributed by atoms with Crippen molar-refractivity contribution in [2.45, 2.75) is 17.5 Å². The Morgan fingerprint density at radius 3 is 2.27 bits per heavy atom. The molecule has 6 rings (SSSR count). The Labute approximate surface area is 268 Å². The maximum absolute atomic E-state index is 13.7. The number of thioether (sulfide) groups is 1. The number of aromatic nitrogens is 1. The second-order valence-corrected chi connectivity index (χ2v) is 11.7. The van der Waals surface area contributed by atoms with Gasteiger partial charge in [-0.3, -0.25) is 23.9 Å². The van der Waals surface area contributed by atoms with E-state index >= 15 is 0 Å². The molecule has 2 aliphatic rings. The van der Waals surface area contributed by atoms with Crippen LogP contribution < -0.4 is 10.6 Å². The number of β-lactam (4-membered cyclic amide) rings is 1. The standard InChI is InChI=1S/C33H29ClN4O6S/c1-43-25-19-45-32-28(36-26(39)17-35-23-18-37(27(40)16-34)24-15-9-8-14-22(23)24)31(41)38(32)29(25)33(42)44-30(20-10-4-2-5-11-20)21-12-6-3-7-13-21/h2-15,18,28,30,32,35H,16-17,19H2,1H3,(H,36,39)/t28?,32-/m1/s1. The van der Waals surface area contributed by atoms with Gasteiger partial charge in [-0.05, 0) is 17.2 Å². The van der Waals surface area contributed by atoms with E-state index in [9.17, 15) is 19.2 Å². The number of ether oxygens (including phenoxy) is 2. The highest BCUT2D eigenvalue weighted by atomic mass is 35.5. The summed E-state index contributed by atoms with van der Waals surface area (Å²) in [7, 11) is 1.45. The summed E-state index contributed by atoms with van der Waals surface area (Å²) in [6, 6.07) is 25.1. The van der Waals surface area contributed by atoms with Crippen LogP contribution in [0, 0.1) is 0 Å². The molecule has 2 atom stereocenters. The van der Waals surface area contributed by atoms with E-state index in [-0.39, 0.29) is 24.0 Å². The first-order valence-electron chi connectivity index (χ1n) is 14.2. The van der Waals surface area contributed by atoms with Crippen molar-refractivity contribution in [1.29, 1.82) is 0 Å².